The standard InChI is InChI=1S/C5H5.C3H7.3ClH.V/c1-2-4-5-3-1;1-3-2;;;;/h1-3H,4H2;1,3H2,2H3;3*1H;/q2*-1;;;;+2. The van der Waals surface area contributed by atoms with Gasteiger partial charge in [0.15, 0.2) is 0 Å². The number of halogens is 3. The van der Waals surface area contributed by atoms with E-state index in [0.717, 1.165) is 12.8 Å². The topological polar surface area (TPSA) is 0 Å². The van der Waals surface area contributed by atoms with Crippen LogP contribution >= 0.6 is 37.2 Å². The molecule has 0 N–H and O–H groups in total. The fourth-order valence-corrected chi connectivity index (χ4v) is 0.340. The van der Waals surface area contributed by atoms with Gasteiger partial charge in [0.1, 0.15) is 0 Å². The van der Waals surface area contributed by atoms with Gasteiger partial charge in [-0.25, -0.2) is 12.2 Å². The number of rotatable bonds is 0. The third-order valence-electron chi connectivity index (χ3n) is 0.586. The van der Waals surface area contributed by atoms with E-state index in [1.54, 1.807) is 0 Å². The van der Waals surface area contributed by atoms with Crippen LogP contribution in [0.25, 0.3) is 0 Å². The zero-order chi connectivity index (χ0) is 6.24. The van der Waals surface area contributed by atoms with Gasteiger partial charge in [-0.05, 0) is 0 Å². The maximum atomic E-state index is 3.49. The van der Waals surface area contributed by atoms with Gasteiger partial charge in [0, 0.05) is 0 Å². The molecule has 1 rings (SSSR count). The van der Waals surface area contributed by atoms with Crippen LogP contribution in [0.15, 0.2) is 18.2 Å². The molecule has 0 heterocycles. The van der Waals surface area contributed by atoms with E-state index in [9.17, 15) is 0 Å². The summed E-state index contributed by atoms with van der Waals surface area (Å²) in [5, 5.41) is 0. The molecule has 0 aliphatic heterocycles. The second kappa shape index (κ2) is 29.7. The molecule has 0 amide bonds. The summed E-state index contributed by atoms with van der Waals surface area (Å²) < 4.78 is 0. The summed E-state index contributed by atoms with van der Waals surface area (Å²) in [5.74, 6) is 0. The maximum absolute atomic E-state index is 3.49. The van der Waals surface area contributed by atoms with Crippen LogP contribution in [0.3, 0.4) is 0 Å². The SMILES string of the molecule is Cl.Cl.Cl.[C-]1=CC=CC1.[CH2-]CC.[V+2]. The molecular formula is C8H15Cl3V. The third-order valence-corrected chi connectivity index (χ3v) is 0.586. The second-order valence-electron chi connectivity index (χ2n) is 1.50. The summed E-state index contributed by atoms with van der Waals surface area (Å²) in [6.45, 7) is 5.50. The van der Waals surface area contributed by atoms with E-state index in [2.05, 4.69) is 19.1 Å². The maximum Gasteiger partial charge on any atom is 2.00 e. The van der Waals surface area contributed by atoms with Crippen molar-refractivity contribution in [2.24, 2.45) is 0 Å². The summed E-state index contributed by atoms with van der Waals surface area (Å²) in [7, 11) is 0. The summed E-state index contributed by atoms with van der Waals surface area (Å²) in [6.07, 6.45) is 11.0. The first-order chi connectivity index (χ1) is 3.91. The Hall–Kier alpha value is 0.934. The van der Waals surface area contributed by atoms with Crippen molar-refractivity contribution < 1.29 is 18.6 Å². The average Bonchev–Trinajstić information content (AvgIpc) is 2.17. The van der Waals surface area contributed by atoms with Crippen LogP contribution in [0.2, 0.25) is 0 Å². The van der Waals surface area contributed by atoms with Crippen LogP contribution in [-0.2, 0) is 18.6 Å². The van der Waals surface area contributed by atoms with Gasteiger partial charge in [0.25, 0.3) is 0 Å². The van der Waals surface area contributed by atoms with Gasteiger partial charge >= 0.3 is 18.6 Å². The molecule has 12 heavy (non-hydrogen) atoms. The predicted molar refractivity (Wildman–Crippen MR) is 59.0 cm³/mol. The minimum absolute atomic E-state index is 0. The zero-order valence-electron chi connectivity index (χ0n) is 7.03. The fraction of sp³-hybridized carbons (Fsp3) is 0.375. The Balaban J connectivity index is -0.0000000219. The minimum Gasteiger partial charge on any atom is -0.344 e. The Morgan fingerprint density at radius 2 is 1.75 bits per heavy atom. The molecule has 1 radical (unpaired) electrons. The molecule has 0 saturated carbocycles. The van der Waals surface area contributed by atoms with Crippen LogP contribution in [0.1, 0.15) is 19.8 Å². The molecule has 73 valence electrons. The number of hydrogen-bond donors (Lipinski definition) is 0. The van der Waals surface area contributed by atoms with Crippen molar-refractivity contribution in [2.45, 2.75) is 19.8 Å². The van der Waals surface area contributed by atoms with E-state index < -0.39 is 0 Å². The summed E-state index contributed by atoms with van der Waals surface area (Å²) in [5.41, 5.74) is 0. The number of allylic oxidation sites excluding steroid dienone is 4. The van der Waals surface area contributed by atoms with E-state index in [1.807, 2.05) is 19.1 Å². The van der Waals surface area contributed by atoms with Gasteiger partial charge in [0.05, 0.1) is 0 Å². The quantitative estimate of drug-likeness (QED) is 0.586. The smallest absolute Gasteiger partial charge is 0.344 e. The first-order valence-corrected chi connectivity index (χ1v) is 2.92. The van der Waals surface area contributed by atoms with Crippen molar-refractivity contribution >= 4 is 37.2 Å². The Morgan fingerprint density at radius 1 is 1.33 bits per heavy atom. The molecule has 0 unspecified atom stereocenters. The summed E-state index contributed by atoms with van der Waals surface area (Å²) in [6, 6.07) is 0. The minimum atomic E-state index is 0. The van der Waals surface area contributed by atoms with Crippen LogP contribution in [-0.4, -0.2) is 0 Å². The Labute approximate surface area is 106 Å². The summed E-state index contributed by atoms with van der Waals surface area (Å²) in [4.78, 5) is 0. The van der Waals surface area contributed by atoms with Gasteiger partial charge in [-0.15, -0.1) is 43.6 Å². The van der Waals surface area contributed by atoms with Crippen LogP contribution in [0, 0.1) is 13.0 Å². The summed E-state index contributed by atoms with van der Waals surface area (Å²) >= 11 is 0. The molecular weight excluding hydrogens is 253 g/mol. The van der Waals surface area contributed by atoms with Gasteiger partial charge in [-0.3, -0.25) is 6.08 Å². The first kappa shape index (κ1) is 29.3. The number of hydrogen-bond acceptors (Lipinski definition) is 0. The first-order valence-electron chi connectivity index (χ1n) is 2.92. The van der Waals surface area contributed by atoms with E-state index in [0.29, 0.717) is 0 Å². The van der Waals surface area contributed by atoms with Gasteiger partial charge in [0.2, 0.25) is 0 Å². The molecule has 0 nitrogen and oxygen atoms in total. The van der Waals surface area contributed by atoms with Gasteiger partial charge in [-0.1, -0.05) is 6.92 Å². The molecule has 1 aliphatic rings. The largest absolute Gasteiger partial charge is 2.00 e. The van der Waals surface area contributed by atoms with Crippen molar-refractivity contribution in [1.82, 2.24) is 0 Å². The molecule has 0 aromatic carbocycles. The molecule has 0 saturated heterocycles. The second-order valence-corrected chi connectivity index (χ2v) is 1.50. The van der Waals surface area contributed by atoms with Gasteiger partial charge in [-0.2, -0.15) is 12.5 Å². The Kier molecular flexibility index (Phi) is 72.4. The van der Waals surface area contributed by atoms with E-state index in [4.69, 9.17) is 0 Å². The Bertz CT molecular complexity index is 82.3. The fourth-order valence-electron chi connectivity index (χ4n) is 0.340. The van der Waals surface area contributed by atoms with E-state index in [1.165, 1.54) is 0 Å². The molecule has 4 heteroatoms. The molecule has 0 spiro atoms. The van der Waals surface area contributed by atoms with Crippen LogP contribution < -0.4 is 0 Å². The Morgan fingerprint density at radius 3 is 1.83 bits per heavy atom. The van der Waals surface area contributed by atoms with Gasteiger partial charge < -0.3 is 6.92 Å². The molecule has 0 fully saturated rings. The normalized spacial score (nSPS) is 8.83. The van der Waals surface area contributed by atoms with Crippen molar-refractivity contribution in [3.63, 3.8) is 0 Å². The predicted octanol–water partition coefficient (Wildman–Crippen LogP) is 3.80. The third kappa shape index (κ3) is 30.6. The van der Waals surface area contributed by atoms with Crippen LogP contribution in [0.5, 0.6) is 0 Å². The van der Waals surface area contributed by atoms with Crippen molar-refractivity contribution in [2.75, 3.05) is 0 Å². The molecule has 1 aliphatic carbocycles. The average molecular weight is 269 g/mol. The van der Waals surface area contributed by atoms with Crippen molar-refractivity contribution in [3.8, 4) is 0 Å². The molecule has 0 aromatic heterocycles. The van der Waals surface area contributed by atoms with E-state index in [-0.39, 0.29) is 55.8 Å². The monoisotopic (exact) mass is 267 g/mol. The van der Waals surface area contributed by atoms with E-state index >= 15 is 0 Å². The van der Waals surface area contributed by atoms with Crippen molar-refractivity contribution in [1.29, 1.82) is 0 Å². The molecule has 0 bridgehead atoms. The molecule has 0 atom stereocenters. The van der Waals surface area contributed by atoms with Crippen molar-refractivity contribution in [3.05, 3.63) is 31.2 Å². The van der Waals surface area contributed by atoms with Crippen LogP contribution in [0.4, 0.5) is 0 Å². The molecule has 0 aromatic rings. The zero-order valence-corrected chi connectivity index (χ0v) is 10.9.